The first kappa shape index (κ1) is 16.0. The van der Waals surface area contributed by atoms with Crippen LogP contribution in [0.2, 0.25) is 0 Å². The number of rotatable bonds is 6. The Bertz CT molecular complexity index is 580. The van der Waals surface area contributed by atoms with Gasteiger partial charge < -0.3 is 4.57 Å². The molecule has 2 aromatic rings. The number of imidazole rings is 1. The first-order valence-corrected chi connectivity index (χ1v) is 9.85. The van der Waals surface area contributed by atoms with E-state index >= 15 is 0 Å². The largest absolute Gasteiger partial charge is 0.337 e. The van der Waals surface area contributed by atoms with Crippen molar-refractivity contribution in [2.45, 2.75) is 49.0 Å². The highest BCUT2D eigenvalue weighted by Crippen LogP contribution is 2.53. The molecule has 4 heteroatoms. The van der Waals surface area contributed by atoms with Crippen molar-refractivity contribution in [3.8, 4) is 0 Å². The van der Waals surface area contributed by atoms with Crippen LogP contribution in [0.5, 0.6) is 0 Å². The van der Waals surface area contributed by atoms with Gasteiger partial charge in [-0.05, 0) is 31.7 Å². The van der Waals surface area contributed by atoms with Crippen molar-refractivity contribution in [1.29, 1.82) is 0 Å². The molecule has 0 aliphatic carbocycles. The molecule has 0 N–H and O–H groups in total. The van der Waals surface area contributed by atoms with Crippen LogP contribution in [-0.2, 0) is 13.0 Å². The van der Waals surface area contributed by atoms with Crippen molar-refractivity contribution in [2.24, 2.45) is 0 Å². The van der Waals surface area contributed by atoms with Gasteiger partial charge in [0.1, 0.15) is 0 Å². The number of thioether (sulfide) groups is 2. The maximum Gasteiger partial charge on any atom is 0.0945 e. The highest BCUT2D eigenvalue weighted by molar-refractivity contribution is 8.21. The molecule has 1 fully saturated rings. The van der Waals surface area contributed by atoms with Crippen LogP contribution in [0.1, 0.15) is 30.9 Å². The topological polar surface area (TPSA) is 17.8 Å². The average molecular weight is 333 g/mol. The van der Waals surface area contributed by atoms with E-state index in [9.17, 15) is 0 Å². The summed E-state index contributed by atoms with van der Waals surface area (Å²) in [6.07, 6.45) is 9.52. The number of benzene rings is 1. The van der Waals surface area contributed by atoms with Crippen LogP contribution in [0.25, 0.3) is 0 Å². The van der Waals surface area contributed by atoms with Gasteiger partial charge in [0.05, 0.1) is 10.4 Å². The first-order chi connectivity index (χ1) is 10.7. The van der Waals surface area contributed by atoms with Gasteiger partial charge in [0.25, 0.3) is 0 Å². The molecule has 3 rings (SSSR count). The Morgan fingerprint density at radius 2 is 2.09 bits per heavy atom. The third-order valence-electron chi connectivity index (χ3n) is 4.22. The monoisotopic (exact) mass is 332 g/mol. The lowest BCUT2D eigenvalue weighted by atomic mass is 10.0. The third kappa shape index (κ3) is 4.11. The van der Waals surface area contributed by atoms with Crippen LogP contribution in [0.3, 0.4) is 0 Å². The number of aromatic nitrogens is 2. The summed E-state index contributed by atoms with van der Waals surface area (Å²) in [7, 11) is 0. The minimum Gasteiger partial charge on any atom is -0.337 e. The molecule has 1 aromatic carbocycles. The molecule has 2 nitrogen and oxygen atoms in total. The Kier molecular flexibility index (Phi) is 5.19. The lowest BCUT2D eigenvalue weighted by Gasteiger charge is -2.28. The van der Waals surface area contributed by atoms with Gasteiger partial charge >= 0.3 is 0 Å². The van der Waals surface area contributed by atoms with E-state index in [4.69, 9.17) is 0 Å². The summed E-state index contributed by atoms with van der Waals surface area (Å²) < 4.78 is 2.58. The van der Waals surface area contributed by atoms with Crippen molar-refractivity contribution in [3.63, 3.8) is 0 Å². The summed E-state index contributed by atoms with van der Waals surface area (Å²) in [5, 5.41) is 0.769. The zero-order valence-corrected chi connectivity index (χ0v) is 15.0. The molecule has 1 aliphatic heterocycles. The van der Waals surface area contributed by atoms with Crippen LogP contribution < -0.4 is 0 Å². The second-order valence-corrected chi connectivity index (χ2v) is 9.67. The molecule has 0 amide bonds. The molecule has 2 heterocycles. The van der Waals surface area contributed by atoms with E-state index in [1.165, 1.54) is 36.1 Å². The maximum atomic E-state index is 4.16. The van der Waals surface area contributed by atoms with E-state index in [-0.39, 0.29) is 0 Å². The van der Waals surface area contributed by atoms with Crippen molar-refractivity contribution in [1.82, 2.24) is 9.55 Å². The molecule has 1 saturated heterocycles. The van der Waals surface area contributed by atoms with Gasteiger partial charge in [-0.25, -0.2) is 4.98 Å². The quantitative estimate of drug-likeness (QED) is 0.758. The summed E-state index contributed by atoms with van der Waals surface area (Å²) >= 11 is 4.36. The Hall–Kier alpha value is -0.870. The molecule has 0 bridgehead atoms. The van der Waals surface area contributed by atoms with E-state index < -0.39 is 0 Å². The predicted molar refractivity (Wildman–Crippen MR) is 98.6 cm³/mol. The second-order valence-electron chi connectivity index (χ2n) is 6.19. The van der Waals surface area contributed by atoms with Crippen LogP contribution in [0, 0.1) is 6.92 Å². The van der Waals surface area contributed by atoms with Crippen molar-refractivity contribution < 1.29 is 0 Å². The lowest BCUT2D eigenvalue weighted by Crippen LogP contribution is -2.21. The standard InChI is InChI=1S/C18H24N2S2/c1-15-3-5-17(6-4-15)7-8-18(21-13-16(2)22-18)9-11-20-12-10-19-14-20/h3-6,10,12,14,16H,7-9,11,13H2,1-2H3. The van der Waals surface area contributed by atoms with E-state index in [0.717, 1.165) is 11.8 Å². The number of hydrogen-bond donors (Lipinski definition) is 0. The summed E-state index contributed by atoms with van der Waals surface area (Å²) in [4.78, 5) is 4.16. The molecule has 118 valence electrons. The maximum absolute atomic E-state index is 4.16. The van der Waals surface area contributed by atoms with Crippen molar-refractivity contribution >= 4 is 23.5 Å². The van der Waals surface area contributed by atoms with Gasteiger partial charge in [-0.1, -0.05) is 36.8 Å². The second kappa shape index (κ2) is 7.14. The van der Waals surface area contributed by atoms with Gasteiger partial charge in [0.15, 0.2) is 0 Å². The molecule has 0 saturated carbocycles. The SMILES string of the molecule is Cc1ccc(CCC2(CCn3ccnc3)SCC(C)S2)cc1. The van der Waals surface area contributed by atoms with Crippen molar-refractivity contribution in [2.75, 3.05) is 5.75 Å². The predicted octanol–water partition coefficient (Wildman–Crippen LogP) is 4.78. The number of hydrogen-bond acceptors (Lipinski definition) is 3. The van der Waals surface area contributed by atoms with E-state index in [1.807, 2.05) is 12.5 Å². The van der Waals surface area contributed by atoms with E-state index in [2.05, 4.69) is 77.4 Å². The third-order valence-corrected chi connectivity index (χ3v) is 8.08. The Morgan fingerprint density at radius 1 is 1.27 bits per heavy atom. The lowest BCUT2D eigenvalue weighted by molar-refractivity contribution is 0.574. The summed E-state index contributed by atoms with van der Waals surface area (Å²) in [6.45, 7) is 5.59. The molecular formula is C18H24N2S2. The zero-order chi connectivity index (χ0) is 15.4. The van der Waals surface area contributed by atoms with E-state index in [1.54, 1.807) is 0 Å². The highest BCUT2D eigenvalue weighted by atomic mass is 32.2. The Morgan fingerprint density at radius 3 is 2.73 bits per heavy atom. The van der Waals surface area contributed by atoms with Gasteiger partial charge in [-0.15, -0.1) is 23.5 Å². The molecule has 2 unspecified atom stereocenters. The average Bonchev–Trinajstić information content (AvgIpc) is 3.15. The van der Waals surface area contributed by atoms with Crippen LogP contribution in [0.15, 0.2) is 43.0 Å². The van der Waals surface area contributed by atoms with Gasteiger partial charge in [0.2, 0.25) is 0 Å². The Labute approximate surface area is 142 Å². The van der Waals surface area contributed by atoms with Gasteiger partial charge in [-0.3, -0.25) is 0 Å². The summed E-state index contributed by atoms with van der Waals surface area (Å²) in [6, 6.07) is 9.02. The summed E-state index contributed by atoms with van der Waals surface area (Å²) in [5.41, 5.74) is 2.81. The number of aryl methyl sites for hydroxylation is 3. The fourth-order valence-electron chi connectivity index (χ4n) is 2.90. The molecular weight excluding hydrogens is 308 g/mol. The molecule has 1 aliphatic rings. The molecule has 22 heavy (non-hydrogen) atoms. The van der Waals surface area contributed by atoms with Gasteiger partial charge in [-0.2, -0.15) is 0 Å². The molecule has 2 atom stereocenters. The highest BCUT2D eigenvalue weighted by Gasteiger charge is 2.38. The smallest absolute Gasteiger partial charge is 0.0945 e. The molecule has 1 aromatic heterocycles. The molecule has 0 spiro atoms. The first-order valence-electron chi connectivity index (χ1n) is 7.98. The fourth-order valence-corrected chi connectivity index (χ4v) is 6.53. The fraction of sp³-hybridized carbons (Fsp3) is 0.500. The van der Waals surface area contributed by atoms with Crippen molar-refractivity contribution in [3.05, 3.63) is 54.1 Å². The normalized spacial score (nSPS) is 24.7. The minimum absolute atomic E-state index is 0.370. The zero-order valence-electron chi connectivity index (χ0n) is 13.4. The van der Waals surface area contributed by atoms with Crippen LogP contribution in [-0.4, -0.2) is 24.6 Å². The number of nitrogens with zero attached hydrogens (tertiary/aromatic N) is 2. The molecule has 0 radical (unpaired) electrons. The van der Waals surface area contributed by atoms with Gasteiger partial charge in [0, 0.05) is 29.9 Å². The summed E-state index contributed by atoms with van der Waals surface area (Å²) in [5.74, 6) is 1.28. The minimum atomic E-state index is 0.370. The Balaban J connectivity index is 1.62. The van der Waals surface area contributed by atoms with Crippen LogP contribution >= 0.6 is 23.5 Å². The van der Waals surface area contributed by atoms with Crippen LogP contribution in [0.4, 0.5) is 0 Å². The van der Waals surface area contributed by atoms with E-state index in [0.29, 0.717) is 4.08 Å².